The summed E-state index contributed by atoms with van der Waals surface area (Å²) in [4.78, 5) is 0. The maximum absolute atomic E-state index is 6.21. The number of para-hydroxylation sites is 1. The smallest absolute Gasteiger partial charge is 0.158 e. The predicted octanol–water partition coefficient (Wildman–Crippen LogP) is 6.64. The number of benzene rings is 4. The van der Waals surface area contributed by atoms with E-state index in [0.29, 0.717) is 11.4 Å². The van der Waals surface area contributed by atoms with Gasteiger partial charge in [0.05, 0.1) is 5.69 Å². The van der Waals surface area contributed by atoms with Crippen molar-refractivity contribution in [1.29, 1.82) is 0 Å². The van der Waals surface area contributed by atoms with Gasteiger partial charge in [-0.1, -0.05) is 76.6 Å². The molecule has 2 N–H and O–H groups in total. The monoisotopic (exact) mass is 389 g/mol. The third kappa shape index (κ3) is 3.11. The van der Waals surface area contributed by atoms with Crippen LogP contribution >= 0.6 is 15.9 Å². The fourth-order valence-electron chi connectivity index (χ4n) is 2.91. The third-order valence-corrected chi connectivity index (χ3v) is 4.84. The van der Waals surface area contributed by atoms with Crippen molar-refractivity contribution in [3.63, 3.8) is 0 Å². The second-order valence-corrected chi connectivity index (χ2v) is 6.67. The topological polar surface area (TPSA) is 35.2 Å². The van der Waals surface area contributed by atoms with Crippen molar-refractivity contribution in [3.8, 4) is 22.6 Å². The molecule has 0 spiro atoms. The van der Waals surface area contributed by atoms with Crippen molar-refractivity contribution >= 4 is 32.4 Å². The summed E-state index contributed by atoms with van der Waals surface area (Å²) in [7, 11) is 0. The van der Waals surface area contributed by atoms with Gasteiger partial charge in [0.25, 0.3) is 0 Å². The lowest BCUT2D eigenvalue weighted by molar-refractivity contribution is 0.487. The van der Waals surface area contributed by atoms with Crippen LogP contribution in [0.1, 0.15) is 0 Å². The van der Waals surface area contributed by atoms with E-state index in [0.717, 1.165) is 32.1 Å². The Balaban J connectivity index is 1.80. The van der Waals surface area contributed by atoms with Crippen molar-refractivity contribution < 1.29 is 4.74 Å². The van der Waals surface area contributed by atoms with Crippen molar-refractivity contribution in [2.24, 2.45) is 0 Å². The zero-order valence-corrected chi connectivity index (χ0v) is 15.0. The molecule has 0 amide bonds. The van der Waals surface area contributed by atoms with Gasteiger partial charge in [-0.3, -0.25) is 0 Å². The van der Waals surface area contributed by atoms with Crippen LogP contribution in [-0.2, 0) is 0 Å². The van der Waals surface area contributed by atoms with E-state index in [2.05, 4.69) is 40.2 Å². The van der Waals surface area contributed by atoms with Crippen LogP contribution in [0.5, 0.6) is 11.5 Å². The second-order valence-electron chi connectivity index (χ2n) is 5.81. The molecular formula is C22H16BrNO. The average Bonchev–Trinajstić information content (AvgIpc) is 2.65. The van der Waals surface area contributed by atoms with Crippen molar-refractivity contribution in [2.75, 3.05) is 5.73 Å². The Morgan fingerprint density at radius 1 is 0.760 bits per heavy atom. The van der Waals surface area contributed by atoms with Gasteiger partial charge in [0, 0.05) is 10.0 Å². The highest BCUT2D eigenvalue weighted by atomic mass is 79.9. The van der Waals surface area contributed by atoms with Crippen LogP contribution in [0, 0.1) is 0 Å². The first-order chi connectivity index (χ1) is 12.2. The number of nitrogen functional groups attached to an aromatic ring is 1. The molecule has 0 aromatic heterocycles. The first kappa shape index (κ1) is 15.7. The maximum Gasteiger partial charge on any atom is 0.158 e. The van der Waals surface area contributed by atoms with E-state index in [-0.39, 0.29) is 0 Å². The van der Waals surface area contributed by atoms with E-state index in [1.807, 2.05) is 60.7 Å². The van der Waals surface area contributed by atoms with E-state index in [9.17, 15) is 0 Å². The molecule has 4 aromatic rings. The van der Waals surface area contributed by atoms with Crippen LogP contribution in [0.4, 0.5) is 5.69 Å². The lowest BCUT2D eigenvalue weighted by Crippen LogP contribution is -1.95. The van der Waals surface area contributed by atoms with E-state index >= 15 is 0 Å². The van der Waals surface area contributed by atoms with Gasteiger partial charge in [-0.25, -0.2) is 0 Å². The Kier molecular flexibility index (Phi) is 4.16. The van der Waals surface area contributed by atoms with Crippen molar-refractivity contribution in [2.45, 2.75) is 0 Å². The Labute approximate surface area is 155 Å². The van der Waals surface area contributed by atoms with Gasteiger partial charge in [0.15, 0.2) is 5.75 Å². The summed E-state index contributed by atoms with van der Waals surface area (Å²) in [5.41, 5.74) is 8.89. The molecule has 0 atom stereocenters. The molecule has 0 bridgehead atoms. The highest BCUT2D eigenvalue weighted by molar-refractivity contribution is 9.10. The number of fused-ring (bicyclic) bond motifs is 1. The van der Waals surface area contributed by atoms with E-state index in [1.54, 1.807) is 0 Å². The Hall–Kier alpha value is -2.78. The first-order valence-electron chi connectivity index (χ1n) is 8.02. The Bertz CT molecular complexity index is 1040. The summed E-state index contributed by atoms with van der Waals surface area (Å²) < 4.78 is 7.25. The Morgan fingerprint density at radius 3 is 2.40 bits per heavy atom. The second kappa shape index (κ2) is 6.61. The molecule has 4 rings (SSSR count). The van der Waals surface area contributed by atoms with E-state index < -0.39 is 0 Å². The fraction of sp³-hybridized carbons (Fsp3) is 0. The minimum atomic E-state index is 0.619. The van der Waals surface area contributed by atoms with Gasteiger partial charge in [0.1, 0.15) is 5.75 Å². The third-order valence-electron chi connectivity index (χ3n) is 4.15. The van der Waals surface area contributed by atoms with Crippen LogP contribution < -0.4 is 10.5 Å². The number of nitrogens with two attached hydrogens (primary N) is 1. The van der Waals surface area contributed by atoms with Crippen molar-refractivity contribution in [3.05, 3.63) is 89.4 Å². The normalized spacial score (nSPS) is 10.8. The zero-order valence-electron chi connectivity index (χ0n) is 13.4. The molecular weight excluding hydrogens is 374 g/mol. The summed E-state index contributed by atoms with van der Waals surface area (Å²) >= 11 is 3.60. The van der Waals surface area contributed by atoms with Gasteiger partial charge < -0.3 is 10.5 Å². The van der Waals surface area contributed by atoms with Gasteiger partial charge in [-0.05, 0) is 40.6 Å². The summed E-state index contributed by atoms with van der Waals surface area (Å²) in [6.45, 7) is 0. The molecule has 0 aliphatic heterocycles. The number of anilines is 1. The quantitative estimate of drug-likeness (QED) is 0.398. The van der Waals surface area contributed by atoms with Crippen LogP contribution in [0.2, 0.25) is 0 Å². The number of halogens is 1. The molecule has 3 heteroatoms. The van der Waals surface area contributed by atoms with E-state index in [4.69, 9.17) is 10.5 Å². The van der Waals surface area contributed by atoms with Crippen molar-refractivity contribution in [1.82, 2.24) is 0 Å². The summed E-state index contributed by atoms with van der Waals surface area (Å²) in [6.07, 6.45) is 0. The average molecular weight is 390 g/mol. The molecule has 0 fully saturated rings. The number of hydrogen-bond acceptors (Lipinski definition) is 2. The maximum atomic E-state index is 6.21. The number of ether oxygens (including phenoxy) is 1. The minimum Gasteiger partial charge on any atom is -0.455 e. The van der Waals surface area contributed by atoms with Gasteiger partial charge in [-0.2, -0.15) is 0 Å². The zero-order chi connectivity index (χ0) is 17.2. The van der Waals surface area contributed by atoms with Crippen LogP contribution in [0.25, 0.3) is 21.9 Å². The molecule has 0 aliphatic rings. The first-order valence-corrected chi connectivity index (χ1v) is 8.82. The minimum absolute atomic E-state index is 0.619. The van der Waals surface area contributed by atoms with Gasteiger partial charge in [-0.15, -0.1) is 0 Å². The lowest BCUT2D eigenvalue weighted by Gasteiger charge is -2.14. The lowest BCUT2D eigenvalue weighted by atomic mass is 10.0. The number of rotatable bonds is 3. The van der Waals surface area contributed by atoms with Crippen LogP contribution in [0.3, 0.4) is 0 Å². The SMILES string of the molecule is Nc1cccc(-c2ccccc2)c1Oc1ccc2cccc(Br)c2c1. The number of hydrogen-bond donors (Lipinski definition) is 1. The molecule has 2 nitrogen and oxygen atoms in total. The molecule has 0 aliphatic carbocycles. The highest BCUT2D eigenvalue weighted by Gasteiger charge is 2.11. The van der Waals surface area contributed by atoms with Gasteiger partial charge in [0.2, 0.25) is 0 Å². The summed E-state index contributed by atoms with van der Waals surface area (Å²) in [5, 5.41) is 2.27. The molecule has 25 heavy (non-hydrogen) atoms. The molecule has 122 valence electrons. The molecule has 0 radical (unpaired) electrons. The largest absolute Gasteiger partial charge is 0.455 e. The highest BCUT2D eigenvalue weighted by Crippen LogP contribution is 2.39. The summed E-state index contributed by atoms with van der Waals surface area (Å²) in [5.74, 6) is 1.44. The fourth-order valence-corrected chi connectivity index (χ4v) is 3.40. The summed E-state index contributed by atoms with van der Waals surface area (Å²) in [6, 6.07) is 28.1. The molecule has 0 heterocycles. The van der Waals surface area contributed by atoms with E-state index in [1.165, 1.54) is 0 Å². The van der Waals surface area contributed by atoms with Gasteiger partial charge >= 0.3 is 0 Å². The van der Waals surface area contributed by atoms with Crippen LogP contribution in [0.15, 0.2) is 89.4 Å². The molecule has 4 aromatic carbocycles. The molecule has 0 saturated carbocycles. The predicted molar refractivity (Wildman–Crippen MR) is 108 cm³/mol. The molecule has 0 saturated heterocycles. The standard InChI is InChI=1S/C22H16BrNO/c23-20-10-4-8-16-12-13-17(14-19(16)20)25-22-18(9-5-11-21(22)24)15-6-2-1-3-7-15/h1-14H,24H2. The van der Waals surface area contributed by atoms with Crippen LogP contribution in [-0.4, -0.2) is 0 Å². The molecule has 0 unspecified atom stereocenters. The Morgan fingerprint density at radius 2 is 1.56 bits per heavy atom.